The lowest BCUT2D eigenvalue weighted by Gasteiger charge is -2.09. The minimum absolute atomic E-state index is 0.202. The molecule has 0 aliphatic rings. The third-order valence-corrected chi connectivity index (χ3v) is 3.47. The zero-order chi connectivity index (χ0) is 14.6. The van der Waals surface area contributed by atoms with Crippen molar-refractivity contribution in [2.45, 2.75) is 71.3 Å². The Balaban J connectivity index is 2.12. The van der Waals surface area contributed by atoms with Crippen LogP contribution in [0.4, 0.5) is 0 Å². The fourth-order valence-electron chi connectivity index (χ4n) is 2.38. The van der Waals surface area contributed by atoms with Crippen molar-refractivity contribution < 1.29 is 4.74 Å². The molecule has 0 spiro atoms. The molecule has 1 aromatic rings. The van der Waals surface area contributed by atoms with Crippen molar-refractivity contribution in [2.75, 3.05) is 6.61 Å². The lowest BCUT2D eigenvalue weighted by atomic mass is 10.1. The summed E-state index contributed by atoms with van der Waals surface area (Å²) < 4.78 is 5.82. The highest BCUT2D eigenvalue weighted by Gasteiger charge is 2.00. The van der Waals surface area contributed by atoms with Crippen LogP contribution < -0.4 is 10.5 Å². The van der Waals surface area contributed by atoms with Crippen molar-refractivity contribution in [2.24, 2.45) is 5.73 Å². The number of unbranched alkanes of at least 4 members (excludes halogenated alkanes) is 6. The number of ether oxygens (including phenoxy) is 1. The average Bonchev–Trinajstić information content (AvgIpc) is 2.41. The number of nitrogens with two attached hydrogens (primary N) is 1. The molecule has 1 rings (SSSR count). The molecule has 2 nitrogen and oxygen atoms in total. The molecule has 0 heterocycles. The van der Waals surface area contributed by atoms with Crippen LogP contribution in [-0.2, 0) is 6.42 Å². The molecule has 0 saturated heterocycles. The maximum atomic E-state index is 5.82. The summed E-state index contributed by atoms with van der Waals surface area (Å²) in [5, 5.41) is 0. The van der Waals surface area contributed by atoms with Gasteiger partial charge in [0, 0.05) is 6.04 Å². The first kappa shape index (κ1) is 17.0. The van der Waals surface area contributed by atoms with Gasteiger partial charge in [0.15, 0.2) is 0 Å². The molecular formula is C18H31NO. The summed E-state index contributed by atoms with van der Waals surface area (Å²) in [4.78, 5) is 0. The van der Waals surface area contributed by atoms with Crippen LogP contribution in [0.25, 0.3) is 0 Å². The van der Waals surface area contributed by atoms with Crippen LogP contribution in [0.3, 0.4) is 0 Å². The molecule has 0 radical (unpaired) electrons. The second kappa shape index (κ2) is 10.7. The molecule has 1 atom stereocenters. The Morgan fingerprint density at radius 1 is 1.05 bits per heavy atom. The number of hydrogen-bond acceptors (Lipinski definition) is 2. The molecule has 2 N–H and O–H groups in total. The first-order valence-electron chi connectivity index (χ1n) is 8.19. The fraction of sp³-hybridized carbons (Fsp3) is 0.667. The van der Waals surface area contributed by atoms with Crippen LogP contribution in [0.15, 0.2) is 24.3 Å². The van der Waals surface area contributed by atoms with E-state index in [0.29, 0.717) is 0 Å². The van der Waals surface area contributed by atoms with Gasteiger partial charge in [-0.3, -0.25) is 0 Å². The average molecular weight is 277 g/mol. The van der Waals surface area contributed by atoms with Crippen LogP contribution in [-0.4, -0.2) is 12.6 Å². The van der Waals surface area contributed by atoms with Gasteiger partial charge in [0.2, 0.25) is 0 Å². The van der Waals surface area contributed by atoms with Crippen molar-refractivity contribution in [3.05, 3.63) is 29.8 Å². The van der Waals surface area contributed by atoms with Crippen molar-refractivity contribution in [1.29, 1.82) is 0 Å². The number of benzene rings is 1. The predicted molar refractivity (Wildman–Crippen MR) is 87.3 cm³/mol. The Hall–Kier alpha value is -1.02. The smallest absolute Gasteiger partial charge is 0.119 e. The van der Waals surface area contributed by atoms with E-state index < -0.39 is 0 Å². The van der Waals surface area contributed by atoms with Gasteiger partial charge in [-0.05, 0) is 37.5 Å². The Morgan fingerprint density at radius 2 is 1.75 bits per heavy atom. The van der Waals surface area contributed by atoms with Gasteiger partial charge in [0.1, 0.15) is 5.75 Å². The second-order valence-corrected chi connectivity index (χ2v) is 5.80. The van der Waals surface area contributed by atoms with Gasteiger partial charge in [-0.15, -0.1) is 0 Å². The monoisotopic (exact) mass is 277 g/mol. The molecule has 0 bridgehead atoms. The van der Waals surface area contributed by atoms with E-state index in [-0.39, 0.29) is 6.04 Å². The Bertz CT molecular complexity index is 349. The molecule has 0 aliphatic carbocycles. The van der Waals surface area contributed by atoms with Gasteiger partial charge in [0.05, 0.1) is 6.61 Å². The van der Waals surface area contributed by atoms with E-state index in [9.17, 15) is 0 Å². The van der Waals surface area contributed by atoms with Gasteiger partial charge >= 0.3 is 0 Å². The summed E-state index contributed by atoms with van der Waals surface area (Å²) >= 11 is 0. The molecule has 0 aliphatic heterocycles. The maximum Gasteiger partial charge on any atom is 0.119 e. The lowest BCUT2D eigenvalue weighted by Crippen LogP contribution is -2.17. The SMILES string of the molecule is CCCCCCCCCOc1cccc(CC(C)N)c1. The molecular weight excluding hydrogens is 246 g/mol. The topological polar surface area (TPSA) is 35.2 Å². The number of rotatable bonds is 11. The Labute approximate surface area is 124 Å². The third-order valence-electron chi connectivity index (χ3n) is 3.47. The quantitative estimate of drug-likeness (QED) is 0.595. The van der Waals surface area contributed by atoms with Crippen LogP contribution in [0.5, 0.6) is 5.75 Å². The fourth-order valence-corrected chi connectivity index (χ4v) is 2.38. The highest BCUT2D eigenvalue weighted by molar-refractivity contribution is 5.28. The molecule has 0 fully saturated rings. The zero-order valence-corrected chi connectivity index (χ0v) is 13.2. The molecule has 0 aromatic heterocycles. The first-order valence-corrected chi connectivity index (χ1v) is 8.19. The summed E-state index contributed by atoms with van der Waals surface area (Å²) in [6.07, 6.45) is 10.1. The molecule has 1 aromatic carbocycles. The van der Waals surface area contributed by atoms with Crippen LogP contribution in [0, 0.1) is 0 Å². The Kier molecular flexibility index (Phi) is 9.14. The molecule has 2 heteroatoms. The molecule has 114 valence electrons. The van der Waals surface area contributed by atoms with Gasteiger partial charge in [-0.25, -0.2) is 0 Å². The summed E-state index contributed by atoms with van der Waals surface area (Å²) in [7, 11) is 0. The summed E-state index contributed by atoms with van der Waals surface area (Å²) in [6.45, 7) is 5.12. The lowest BCUT2D eigenvalue weighted by molar-refractivity contribution is 0.304. The van der Waals surface area contributed by atoms with E-state index >= 15 is 0 Å². The zero-order valence-electron chi connectivity index (χ0n) is 13.2. The van der Waals surface area contributed by atoms with E-state index in [1.807, 2.05) is 13.0 Å². The third kappa shape index (κ3) is 8.21. The van der Waals surface area contributed by atoms with Crippen LogP contribution >= 0.6 is 0 Å². The van der Waals surface area contributed by atoms with E-state index in [4.69, 9.17) is 10.5 Å². The molecule has 0 saturated carbocycles. The van der Waals surface area contributed by atoms with Crippen LogP contribution in [0.2, 0.25) is 0 Å². The van der Waals surface area contributed by atoms with Crippen molar-refractivity contribution >= 4 is 0 Å². The van der Waals surface area contributed by atoms with Crippen molar-refractivity contribution in [3.63, 3.8) is 0 Å². The predicted octanol–water partition coefficient (Wildman–Crippen LogP) is 4.71. The normalized spacial score (nSPS) is 12.3. The molecule has 0 amide bonds. The molecule has 1 unspecified atom stereocenters. The van der Waals surface area contributed by atoms with Crippen molar-refractivity contribution in [1.82, 2.24) is 0 Å². The minimum Gasteiger partial charge on any atom is -0.494 e. The standard InChI is InChI=1S/C18H31NO/c1-3-4-5-6-7-8-9-13-20-18-12-10-11-17(15-18)14-16(2)19/h10-12,15-16H,3-9,13-14,19H2,1-2H3. The highest BCUT2D eigenvalue weighted by atomic mass is 16.5. The Morgan fingerprint density at radius 3 is 2.45 bits per heavy atom. The minimum atomic E-state index is 0.202. The summed E-state index contributed by atoms with van der Waals surface area (Å²) in [5.74, 6) is 0.981. The van der Waals surface area contributed by atoms with Gasteiger partial charge < -0.3 is 10.5 Å². The van der Waals surface area contributed by atoms with Crippen molar-refractivity contribution in [3.8, 4) is 5.75 Å². The second-order valence-electron chi connectivity index (χ2n) is 5.80. The molecule has 20 heavy (non-hydrogen) atoms. The largest absolute Gasteiger partial charge is 0.494 e. The van der Waals surface area contributed by atoms with E-state index in [0.717, 1.165) is 25.2 Å². The van der Waals surface area contributed by atoms with Gasteiger partial charge in [-0.2, -0.15) is 0 Å². The maximum absolute atomic E-state index is 5.82. The summed E-state index contributed by atoms with van der Waals surface area (Å²) in [6, 6.07) is 8.52. The van der Waals surface area contributed by atoms with Gasteiger partial charge in [0.25, 0.3) is 0 Å². The highest BCUT2D eigenvalue weighted by Crippen LogP contribution is 2.15. The summed E-state index contributed by atoms with van der Waals surface area (Å²) in [5.41, 5.74) is 7.08. The van der Waals surface area contributed by atoms with E-state index in [1.165, 1.54) is 44.1 Å². The van der Waals surface area contributed by atoms with Crippen LogP contribution in [0.1, 0.15) is 64.4 Å². The van der Waals surface area contributed by atoms with E-state index in [2.05, 4.69) is 25.1 Å². The first-order chi connectivity index (χ1) is 9.72. The van der Waals surface area contributed by atoms with Gasteiger partial charge in [-0.1, -0.05) is 57.6 Å². The van der Waals surface area contributed by atoms with E-state index in [1.54, 1.807) is 0 Å². The number of hydrogen-bond donors (Lipinski definition) is 1.